The van der Waals surface area contributed by atoms with Crippen LogP contribution in [-0.4, -0.2) is 24.4 Å². The highest BCUT2D eigenvalue weighted by Crippen LogP contribution is 2.40. The van der Waals surface area contributed by atoms with Crippen LogP contribution < -0.4 is 10.1 Å². The number of ether oxygens (including phenoxy) is 1. The van der Waals surface area contributed by atoms with E-state index in [0.717, 1.165) is 31.6 Å². The van der Waals surface area contributed by atoms with Crippen molar-refractivity contribution in [2.75, 3.05) is 13.7 Å². The second-order valence-corrected chi connectivity index (χ2v) is 6.26. The number of thioether (sulfide) groups is 1. The molecule has 1 fully saturated rings. The van der Waals surface area contributed by atoms with E-state index < -0.39 is 0 Å². The van der Waals surface area contributed by atoms with Gasteiger partial charge in [-0.15, -0.1) is 11.8 Å². The number of benzene rings is 1. The van der Waals surface area contributed by atoms with Gasteiger partial charge in [-0.2, -0.15) is 5.26 Å². The molecular formula is C15H20N2OS. The number of nitrogens with zero attached hydrogens (tertiary/aromatic N) is 1. The first kappa shape index (κ1) is 14.2. The zero-order valence-electron chi connectivity index (χ0n) is 11.5. The summed E-state index contributed by atoms with van der Waals surface area (Å²) in [6, 6.07) is 10.6. The van der Waals surface area contributed by atoms with Crippen molar-refractivity contribution in [2.45, 2.75) is 41.9 Å². The van der Waals surface area contributed by atoms with Crippen molar-refractivity contribution < 1.29 is 4.74 Å². The van der Waals surface area contributed by atoms with Gasteiger partial charge in [0, 0.05) is 10.1 Å². The van der Waals surface area contributed by atoms with E-state index in [9.17, 15) is 5.26 Å². The minimum absolute atomic E-state index is 0.307. The first-order valence-electron chi connectivity index (χ1n) is 6.68. The third kappa shape index (κ3) is 3.43. The number of methoxy groups -OCH3 is 1. The van der Waals surface area contributed by atoms with Crippen molar-refractivity contribution in [3.63, 3.8) is 0 Å². The molecule has 3 nitrogen and oxygen atoms in total. The lowest BCUT2D eigenvalue weighted by Crippen LogP contribution is -2.41. The van der Waals surface area contributed by atoms with Crippen LogP contribution in [0, 0.1) is 11.3 Å². The Hall–Kier alpha value is -1.18. The minimum Gasteiger partial charge on any atom is -0.497 e. The van der Waals surface area contributed by atoms with Crippen LogP contribution in [0.4, 0.5) is 0 Å². The lowest BCUT2D eigenvalue weighted by Gasteiger charge is -2.21. The normalized spacial score (nSPS) is 26.1. The van der Waals surface area contributed by atoms with E-state index in [0.29, 0.717) is 5.25 Å². The molecular weight excluding hydrogens is 256 g/mol. The summed E-state index contributed by atoms with van der Waals surface area (Å²) >= 11 is 1.87. The predicted molar refractivity (Wildman–Crippen MR) is 78.5 cm³/mol. The van der Waals surface area contributed by atoms with E-state index in [1.165, 1.54) is 4.90 Å². The quantitative estimate of drug-likeness (QED) is 0.897. The molecule has 0 heterocycles. The van der Waals surface area contributed by atoms with Crippen molar-refractivity contribution in [1.82, 2.24) is 5.32 Å². The van der Waals surface area contributed by atoms with Crippen molar-refractivity contribution in [2.24, 2.45) is 0 Å². The van der Waals surface area contributed by atoms with Crippen LogP contribution >= 0.6 is 11.8 Å². The second-order valence-electron chi connectivity index (χ2n) is 4.88. The van der Waals surface area contributed by atoms with Gasteiger partial charge in [-0.3, -0.25) is 5.32 Å². The third-order valence-corrected chi connectivity index (χ3v) is 4.84. The molecule has 0 radical (unpaired) electrons. The summed E-state index contributed by atoms with van der Waals surface area (Å²) in [5.41, 5.74) is -0.307. The fourth-order valence-electron chi connectivity index (χ4n) is 2.59. The van der Waals surface area contributed by atoms with Gasteiger partial charge in [0.2, 0.25) is 0 Å². The Morgan fingerprint density at radius 3 is 2.79 bits per heavy atom. The van der Waals surface area contributed by atoms with Crippen LogP contribution in [0.3, 0.4) is 0 Å². The molecule has 0 bridgehead atoms. The zero-order chi connectivity index (χ0) is 13.7. The number of hydrogen-bond acceptors (Lipinski definition) is 4. The van der Waals surface area contributed by atoms with Gasteiger partial charge >= 0.3 is 0 Å². The molecule has 1 aliphatic carbocycles. The number of rotatable bonds is 5. The van der Waals surface area contributed by atoms with Gasteiger partial charge in [0.1, 0.15) is 11.3 Å². The van der Waals surface area contributed by atoms with E-state index in [1.807, 2.05) is 23.9 Å². The highest BCUT2D eigenvalue weighted by Gasteiger charge is 2.39. The maximum absolute atomic E-state index is 9.36. The van der Waals surface area contributed by atoms with Crippen LogP contribution in [0.1, 0.15) is 26.2 Å². The summed E-state index contributed by atoms with van der Waals surface area (Å²) in [7, 11) is 1.68. The van der Waals surface area contributed by atoms with Gasteiger partial charge in [0.15, 0.2) is 0 Å². The molecule has 2 atom stereocenters. The van der Waals surface area contributed by atoms with E-state index in [4.69, 9.17) is 4.74 Å². The minimum atomic E-state index is -0.307. The molecule has 102 valence electrons. The zero-order valence-corrected chi connectivity index (χ0v) is 12.3. The Morgan fingerprint density at radius 1 is 1.47 bits per heavy atom. The van der Waals surface area contributed by atoms with E-state index >= 15 is 0 Å². The molecule has 0 saturated heterocycles. The van der Waals surface area contributed by atoms with Crippen molar-refractivity contribution in [3.8, 4) is 11.8 Å². The average molecular weight is 276 g/mol. The SMILES string of the molecule is CCNC1(C#N)CCC(Sc2ccc(OC)cc2)C1. The third-order valence-electron chi connectivity index (χ3n) is 3.56. The van der Waals surface area contributed by atoms with Gasteiger partial charge in [0.25, 0.3) is 0 Å². The van der Waals surface area contributed by atoms with Gasteiger partial charge in [-0.1, -0.05) is 6.92 Å². The Balaban J connectivity index is 1.96. The maximum atomic E-state index is 9.36. The Bertz CT molecular complexity index is 454. The lowest BCUT2D eigenvalue weighted by molar-refractivity contribution is 0.414. The highest BCUT2D eigenvalue weighted by molar-refractivity contribution is 8.00. The molecule has 0 aromatic heterocycles. The molecule has 1 saturated carbocycles. The summed E-state index contributed by atoms with van der Waals surface area (Å²) in [6.45, 7) is 2.91. The number of nitriles is 1. The molecule has 0 amide bonds. The standard InChI is InChI=1S/C15H20N2OS/c1-3-17-15(11-16)9-8-14(10-15)19-13-6-4-12(18-2)5-7-13/h4-7,14,17H,3,8-10H2,1-2H3. The second kappa shape index (κ2) is 6.31. The van der Waals surface area contributed by atoms with Crippen LogP contribution in [0.25, 0.3) is 0 Å². The highest BCUT2D eigenvalue weighted by atomic mass is 32.2. The molecule has 0 aliphatic heterocycles. The number of nitrogens with one attached hydrogen (secondary N) is 1. The summed E-state index contributed by atoms with van der Waals surface area (Å²) in [5.74, 6) is 0.884. The maximum Gasteiger partial charge on any atom is 0.118 e. The molecule has 19 heavy (non-hydrogen) atoms. The summed E-state index contributed by atoms with van der Waals surface area (Å²) < 4.78 is 5.16. The first-order valence-corrected chi connectivity index (χ1v) is 7.56. The first-order chi connectivity index (χ1) is 9.21. The van der Waals surface area contributed by atoms with Crippen LogP contribution in [0.5, 0.6) is 5.75 Å². The summed E-state index contributed by atoms with van der Waals surface area (Å²) in [5, 5.41) is 13.2. The summed E-state index contributed by atoms with van der Waals surface area (Å²) in [6.07, 6.45) is 2.97. The number of hydrogen-bond donors (Lipinski definition) is 1. The van der Waals surface area contributed by atoms with Gasteiger partial charge in [-0.05, 0) is 50.1 Å². The average Bonchev–Trinajstić information content (AvgIpc) is 2.84. The molecule has 1 aliphatic rings. The van der Waals surface area contributed by atoms with Gasteiger partial charge in [-0.25, -0.2) is 0 Å². The van der Waals surface area contributed by atoms with Crippen molar-refractivity contribution in [1.29, 1.82) is 5.26 Å². The fourth-order valence-corrected chi connectivity index (χ4v) is 3.87. The molecule has 1 aromatic carbocycles. The molecule has 1 aromatic rings. The molecule has 0 spiro atoms. The Kier molecular flexibility index (Phi) is 4.73. The van der Waals surface area contributed by atoms with Gasteiger partial charge in [0.05, 0.1) is 13.2 Å². The van der Waals surface area contributed by atoms with E-state index in [-0.39, 0.29) is 5.54 Å². The summed E-state index contributed by atoms with van der Waals surface area (Å²) in [4.78, 5) is 1.25. The largest absolute Gasteiger partial charge is 0.497 e. The lowest BCUT2D eigenvalue weighted by atomic mass is 10.0. The molecule has 4 heteroatoms. The predicted octanol–water partition coefficient (Wildman–Crippen LogP) is 3.21. The Morgan fingerprint density at radius 2 is 2.21 bits per heavy atom. The molecule has 2 rings (SSSR count). The van der Waals surface area contributed by atoms with Crippen LogP contribution in [0.15, 0.2) is 29.2 Å². The van der Waals surface area contributed by atoms with Crippen LogP contribution in [0.2, 0.25) is 0 Å². The van der Waals surface area contributed by atoms with Gasteiger partial charge < -0.3 is 4.74 Å². The molecule has 2 unspecified atom stereocenters. The van der Waals surface area contributed by atoms with Crippen molar-refractivity contribution >= 4 is 11.8 Å². The molecule has 1 N–H and O–H groups in total. The fraction of sp³-hybridized carbons (Fsp3) is 0.533. The monoisotopic (exact) mass is 276 g/mol. The topological polar surface area (TPSA) is 45.0 Å². The smallest absolute Gasteiger partial charge is 0.118 e. The van der Waals surface area contributed by atoms with Crippen molar-refractivity contribution in [3.05, 3.63) is 24.3 Å². The van der Waals surface area contributed by atoms with Crippen LogP contribution in [-0.2, 0) is 0 Å². The van der Waals surface area contributed by atoms with E-state index in [2.05, 4.69) is 30.4 Å². The Labute approximate surface area is 119 Å². The van der Waals surface area contributed by atoms with E-state index in [1.54, 1.807) is 7.11 Å².